The van der Waals surface area contributed by atoms with Crippen LogP contribution in [0.25, 0.3) is 0 Å². The molecule has 1 aliphatic heterocycles. The van der Waals surface area contributed by atoms with E-state index >= 15 is 0 Å². The number of carbonyl (C=O) groups excluding carboxylic acids is 1. The number of amides is 1. The maximum Gasteiger partial charge on any atom is 0.234 e. The summed E-state index contributed by atoms with van der Waals surface area (Å²) in [6.45, 7) is 4.97. The van der Waals surface area contributed by atoms with Crippen LogP contribution in [-0.2, 0) is 4.79 Å². The molecule has 0 aromatic heterocycles. The van der Waals surface area contributed by atoms with Crippen molar-refractivity contribution in [2.45, 2.75) is 12.5 Å². The third-order valence-corrected chi connectivity index (χ3v) is 2.33. The van der Waals surface area contributed by atoms with Crippen LogP contribution in [0.15, 0.2) is 0 Å². The second-order valence-electron chi connectivity index (χ2n) is 3.39. The van der Waals surface area contributed by atoms with Crippen LogP contribution in [-0.4, -0.2) is 49.6 Å². The van der Waals surface area contributed by atoms with Gasteiger partial charge in [-0.1, -0.05) is 0 Å². The van der Waals surface area contributed by atoms with Gasteiger partial charge in [0.15, 0.2) is 0 Å². The highest BCUT2D eigenvalue weighted by Crippen LogP contribution is 1.96. The minimum absolute atomic E-state index is 0.407. The Labute approximate surface area is 78.4 Å². The van der Waals surface area contributed by atoms with E-state index in [9.17, 15) is 4.79 Å². The van der Waals surface area contributed by atoms with Gasteiger partial charge in [-0.3, -0.25) is 4.79 Å². The van der Waals surface area contributed by atoms with Crippen LogP contribution in [0.2, 0.25) is 0 Å². The van der Waals surface area contributed by atoms with E-state index in [1.807, 2.05) is 0 Å². The lowest BCUT2D eigenvalue weighted by Crippen LogP contribution is -2.46. The highest BCUT2D eigenvalue weighted by molar-refractivity contribution is 5.79. The Morgan fingerprint density at radius 3 is 2.62 bits per heavy atom. The highest BCUT2D eigenvalue weighted by Gasteiger charge is 2.13. The zero-order chi connectivity index (χ0) is 9.68. The fourth-order valence-electron chi connectivity index (χ4n) is 1.40. The number of nitrogens with one attached hydrogen (secondary N) is 1. The van der Waals surface area contributed by atoms with E-state index in [0.717, 1.165) is 32.7 Å². The molecule has 1 rings (SSSR count). The molecule has 0 aromatic rings. The van der Waals surface area contributed by atoms with Gasteiger partial charge in [-0.05, 0) is 6.42 Å². The van der Waals surface area contributed by atoms with E-state index in [4.69, 9.17) is 11.5 Å². The molecule has 0 aromatic carbocycles. The van der Waals surface area contributed by atoms with Gasteiger partial charge in [0.05, 0.1) is 6.04 Å². The lowest BCUT2D eigenvalue weighted by molar-refractivity contribution is -0.119. The van der Waals surface area contributed by atoms with Crippen LogP contribution in [0.3, 0.4) is 0 Å². The van der Waals surface area contributed by atoms with E-state index in [2.05, 4.69) is 10.2 Å². The van der Waals surface area contributed by atoms with Gasteiger partial charge < -0.3 is 21.7 Å². The summed E-state index contributed by atoms with van der Waals surface area (Å²) >= 11 is 0. The average Bonchev–Trinajstić information content (AvgIpc) is 2.15. The molecule has 1 amide bonds. The van der Waals surface area contributed by atoms with Crippen LogP contribution in [0.4, 0.5) is 0 Å². The number of nitrogens with zero attached hydrogens (tertiary/aromatic N) is 1. The molecule has 5 N–H and O–H groups in total. The van der Waals surface area contributed by atoms with Crippen molar-refractivity contribution in [1.82, 2.24) is 10.2 Å². The van der Waals surface area contributed by atoms with Gasteiger partial charge in [-0.25, -0.2) is 0 Å². The molecule has 0 spiro atoms. The number of rotatable bonds is 4. The molecule has 1 saturated heterocycles. The van der Waals surface area contributed by atoms with Crippen molar-refractivity contribution in [3.8, 4) is 0 Å². The van der Waals surface area contributed by atoms with Gasteiger partial charge in [0, 0.05) is 32.7 Å². The Kier molecular flexibility index (Phi) is 4.14. The second-order valence-corrected chi connectivity index (χ2v) is 3.39. The zero-order valence-corrected chi connectivity index (χ0v) is 7.83. The Morgan fingerprint density at radius 2 is 2.08 bits per heavy atom. The van der Waals surface area contributed by atoms with E-state index in [1.165, 1.54) is 0 Å². The van der Waals surface area contributed by atoms with Gasteiger partial charge in [0.1, 0.15) is 0 Å². The summed E-state index contributed by atoms with van der Waals surface area (Å²) in [5, 5.41) is 3.26. The topological polar surface area (TPSA) is 84.4 Å². The van der Waals surface area contributed by atoms with Gasteiger partial charge in [-0.15, -0.1) is 0 Å². The maximum atomic E-state index is 10.6. The molecule has 5 heteroatoms. The Balaban J connectivity index is 2.13. The summed E-state index contributed by atoms with van der Waals surface area (Å²) < 4.78 is 0. The quantitative estimate of drug-likeness (QED) is 0.478. The first-order valence-corrected chi connectivity index (χ1v) is 4.68. The average molecular weight is 186 g/mol. The lowest BCUT2D eigenvalue weighted by Gasteiger charge is -2.27. The number of hydrogen-bond donors (Lipinski definition) is 3. The molecule has 13 heavy (non-hydrogen) atoms. The number of piperazine rings is 1. The molecule has 0 saturated carbocycles. The maximum absolute atomic E-state index is 10.6. The van der Waals surface area contributed by atoms with Gasteiger partial charge in [0.25, 0.3) is 0 Å². The van der Waals surface area contributed by atoms with Crippen molar-refractivity contribution >= 4 is 5.91 Å². The Bertz CT molecular complexity index is 168. The summed E-state index contributed by atoms with van der Waals surface area (Å²) in [6.07, 6.45) is 0.662. The van der Waals surface area contributed by atoms with Crippen LogP contribution in [0.5, 0.6) is 0 Å². The van der Waals surface area contributed by atoms with Crippen molar-refractivity contribution in [3.05, 3.63) is 0 Å². The molecule has 1 aliphatic rings. The molecule has 1 atom stereocenters. The molecular formula is C8H18N4O. The smallest absolute Gasteiger partial charge is 0.234 e. The summed E-state index contributed by atoms with van der Waals surface area (Å²) in [5.41, 5.74) is 10.6. The van der Waals surface area contributed by atoms with Gasteiger partial charge in [-0.2, -0.15) is 0 Å². The first-order valence-electron chi connectivity index (χ1n) is 4.68. The lowest BCUT2D eigenvalue weighted by atomic mass is 10.2. The van der Waals surface area contributed by atoms with Crippen molar-refractivity contribution in [2.24, 2.45) is 11.5 Å². The predicted octanol–water partition coefficient (Wildman–Crippen LogP) is -1.91. The minimum atomic E-state index is -0.491. The van der Waals surface area contributed by atoms with Crippen LogP contribution in [0, 0.1) is 0 Å². The van der Waals surface area contributed by atoms with Crippen molar-refractivity contribution in [3.63, 3.8) is 0 Å². The number of nitrogens with two attached hydrogens (primary N) is 2. The zero-order valence-electron chi connectivity index (χ0n) is 7.83. The number of primary amides is 1. The van der Waals surface area contributed by atoms with Gasteiger partial charge >= 0.3 is 0 Å². The van der Waals surface area contributed by atoms with Crippen molar-refractivity contribution in [2.75, 3.05) is 32.7 Å². The molecule has 0 radical (unpaired) electrons. The molecule has 76 valence electrons. The molecule has 1 unspecified atom stereocenters. The van der Waals surface area contributed by atoms with Crippen LogP contribution >= 0.6 is 0 Å². The first-order chi connectivity index (χ1) is 6.20. The molecule has 1 heterocycles. The minimum Gasteiger partial charge on any atom is -0.368 e. The summed E-state index contributed by atoms with van der Waals surface area (Å²) in [6, 6.07) is -0.491. The van der Waals surface area contributed by atoms with Gasteiger partial charge in [0.2, 0.25) is 5.91 Å². The Hall–Kier alpha value is -0.650. The van der Waals surface area contributed by atoms with E-state index in [-0.39, 0.29) is 0 Å². The largest absolute Gasteiger partial charge is 0.368 e. The van der Waals surface area contributed by atoms with E-state index < -0.39 is 11.9 Å². The fraction of sp³-hybridized carbons (Fsp3) is 0.875. The van der Waals surface area contributed by atoms with E-state index in [1.54, 1.807) is 0 Å². The second kappa shape index (κ2) is 5.16. The SMILES string of the molecule is NC(=O)C(N)CCN1CCNCC1. The van der Waals surface area contributed by atoms with Crippen LogP contribution in [0.1, 0.15) is 6.42 Å². The Morgan fingerprint density at radius 1 is 1.46 bits per heavy atom. The number of hydrogen-bond acceptors (Lipinski definition) is 4. The third kappa shape index (κ3) is 3.71. The molecular weight excluding hydrogens is 168 g/mol. The third-order valence-electron chi connectivity index (χ3n) is 2.33. The summed E-state index contributed by atoms with van der Waals surface area (Å²) in [4.78, 5) is 12.9. The fourth-order valence-corrected chi connectivity index (χ4v) is 1.40. The molecule has 5 nitrogen and oxygen atoms in total. The molecule has 0 aliphatic carbocycles. The summed E-state index contributed by atoms with van der Waals surface area (Å²) in [7, 11) is 0. The monoisotopic (exact) mass is 186 g/mol. The molecule has 1 fully saturated rings. The predicted molar refractivity (Wildman–Crippen MR) is 51.1 cm³/mol. The van der Waals surface area contributed by atoms with Crippen molar-refractivity contribution in [1.29, 1.82) is 0 Å². The van der Waals surface area contributed by atoms with E-state index in [0.29, 0.717) is 6.42 Å². The van der Waals surface area contributed by atoms with Crippen molar-refractivity contribution < 1.29 is 4.79 Å². The van der Waals surface area contributed by atoms with Crippen LogP contribution < -0.4 is 16.8 Å². The first kappa shape index (κ1) is 10.4. The molecule has 0 bridgehead atoms. The normalized spacial score (nSPS) is 21.3. The number of carbonyl (C=O) groups is 1. The summed E-state index contributed by atoms with van der Waals surface area (Å²) in [5.74, 6) is -0.407. The highest BCUT2D eigenvalue weighted by atomic mass is 16.1. The standard InChI is InChI=1S/C8H18N4O/c9-7(8(10)13)1-4-12-5-2-11-3-6-12/h7,11H,1-6,9H2,(H2,10,13).